The smallest absolute Gasteiger partial charge is 0.264 e. The van der Waals surface area contributed by atoms with E-state index in [1.165, 1.54) is 24.1 Å². The summed E-state index contributed by atoms with van der Waals surface area (Å²) in [5.41, 5.74) is 2.99. The van der Waals surface area contributed by atoms with Gasteiger partial charge >= 0.3 is 0 Å². The Morgan fingerprint density at radius 3 is 1.96 bits per heavy atom. The second kappa shape index (κ2) is 15.4. The van der Waals surface area contributed by atoms with Crippen LogP contribution in [0.3, 0.4) is 0 Å². The third-order valence-electron chi connectivity index (χ3n) is 7.72. The molecule has 2 amide bonds. The maximum atomic E-state index is 14.5. The molecule has 236 valence electrons. The molecule has 9 heteroatoms. The molecule has 1 N–H and O–H groups in total. The van der Waals surface area contributed by atoms with Gasteiger partial charge in [0.1, 0.15) is 18.3 Å². The van der Waals surface area contributed by atoms with Crippen LogP contribution in [0.4, 0.5) is 5.69 Å². The maximum absolute atomic E-state index is 14.5. The lowest BCUT2D eigenvalue weighted by atomic mass is 10.0. The Kier molecular flexibility index (Phi) is 11.4. The fourth-order valence-corrected chi connectivity index (χ4v) is 6.30. The van der Waals surface area contributed by atoms with E-state index < -0.39 is 28.5 Å². The van der Waals surface area contributed by atoms with Gasteiger partial charge in [-0.05, 0) is 67.8 Å². The number of carbonyl (C=O) groups excluding carboxylic acids is 2. The fourth-order valence-electron chi connectivity index (χ4n) is 4.89. The lowest BCUT2D eigenvalue weighted by molar-refractivity contribution is -0.140. The van der Waals surface area contributed by atoms with Crippen molar-refractivity contribution in [1.82, 2.24) is 10.2 Å². The van der Waals surface area contributed by atoms with Crippen LogP contribution in [0.25, 0.3) is 0 Å². The largest absolute Gasteiger partial charge is 0.497 e. The van der Waals surface area contributed by atoms with Gasteiger partial charge in [0, 0.05) is 19.0 Å². The standard InChI is InChI=1S/C36H41N3O5S/c1-5-28(3)37-36(41)34(24-29-12-8-6-9-13-29)38(25-30-14-10-7-11-15-30)35(40)26-39(31-18-16-27(2)17-19-31)45(42,43)33-22-20-32(44-4)21-23-33/h6-23,28,34H,5,24-26H2,1-4H3,(H,37,41). The van der Waals surface area contributed by atoms with Crippen molar-refractivity contribution in [3.63, 3.8) is 0 Å². The van der Waals surface area contributed by atoms with E-state index in [0.29, 0.717) is 11.4 Å². The average molecular weight is 628 g/mol. The molecule has 0 heterocycles. The van der Waals surface area contributed by atoms with Gasteiger partial charge in [0.25, 0.3) is 10.0 Å². The summed E-state index contributed by atoms with van der Waals surface area (Å²) in [4.78, 5) is 29.9. The zero-order valence-corrected chi connectivity index (χ0v) is 27.0. The number of anilines is 1. The van der Waals surface area contributed by atoms with Crippen molar-refractivity contribution >= 4 is 27.5 Å². The van der Waals surface area contributed by atoms with Crippen LogP contribution in [0.5, 0.6) is 5.75 Å². The first-order valence-corrected chi connectivity index (χ1v) is 16.5. The Balaban J connectivity index is 1.79. The van der Waals surface area contributed by atoms with Crippen molar-refractivity contribution in [1.29, 1.82) is 0 Å². The highest BCUT2D eigenvalue weighted by Gasteiger charge is 2.35. The molecule has 45 heavy (non-hydrogen) atoms. The summed E-state index contributed by atoms with van der Waals surface area (Å²) >= 11 is 0. The summed E-state index contributed by atoms with van der Waals surface area (Å²) in [6.07, 6.45) is 0.981. The van der Waals surface area contributed by atoms with Crippen LogP contribution in [-0.2, 0) is 32.6 Å². The Morgan fingerprint density at radius 2 is 1.40 bits per heavy atom. The van der Waals surface area contributed by atoms with Crippen LogP contribution in [0.2, 0.25) is 0 Å². The molecule has 0 aromatic heterocycles. The Hall–Kier alpha value is -4.63. The molecule has 0 saturated heterocycles. The van der Waals surface area contributed by atoms with Crippen molar-refractivity contribution in [3.8, 4) is 5.75 Å². The summed E-state index contributed by atoms with van der Waals surface area (Å²) in [6.45, 7) is 5.42. The Bertz CT molecular complexity index is 1640. The van der Waals surface area contributed by atoms with Gasteiger partial charge in [-0.15, -0.1) is 0 Å². The van der Waals surface area contributed by atoms with E-state index in [9.17, 15) is 18.0 Å². The van der Waals surface area contributed by atoms with Gasteiger partial charge in [-0.1, -0.05) is 85.3 Å². The van der Waals surface area contributed by atoms with Crippen LogP contribution >= 0.6 is 0 Å². The second-order valence-electron chi connectivity index (χ2n) is 11.1. The minimum atomic E-state index is -4.19. The summed E-state index contributed by atoms with van der Waals surface area (Å²) in [6, 6.07) is 30.9. The third kappa shape index (κ3) is 8.73. The van der Waals surface area contributed by atoms with Crippen LogP contribution in [0.15, 0.2) is 114 Å². The van der Waals surface area contributed by atoms with Gasteiger partial charge in [0.2, 0.25) is 11.8 Å². The number of rotatable bonds is 14. The van der Waals surface area contributed by atoms with Crippen molar-refractivity contribution in [2.45, 2.75) is 57.1 Å². The second-order valence-corrected chi connectivity index (χ2v) is 12.9. The van der Waals surface area contributed by atoms with E-state index in [4.69, 9.17) is 4.74 Å². The lowest BCUT2D eigenvalue weighted by Gasteiger charge is -2.34. The normalized spacial score (nSPS) is 12.5. The molecule has 0 saturated carbocycles. The van der Waals surface area contributed by atoms with Gasteiger partial charge in [-0.3, -0.25) is 13.9 Å². The number of benzene rings is 4. The number of aryl methyl sites for hydroxylation is 1. The molecule has 0 spiro atoms. The van der Waals surface area contributed by atoms with Gasteiger partial charge < -0.3 is 15.0 Å². The molecule has 4 aromatic rings. The number of hydrogen-bond acceptors (Lipinski definition) is 5. The van der Waals surface area contributed by atoms with E-state index in [1.54, 1.807) is 36.4 Å². The van der Waals surface area contributed by atoms with Crippen molar-refractivity contribution in [2.24, 2.45) is 0 Å². The van der Waals surface area contributed by atoms with Crippen LogP contribution in [0, 0.1) is 6.92 Å². The highest BCUT2D eigenvalue weighted by Crippen LogP contribution is 2.27. The maximum Gasteiger partial charge on any atom is 0.264 e. The van der Waals surface area contributed by atoms with Gasteiger partial charge in [-0.2, -0.15) is 0 Å². The van der Waals surface area contributed by atoms with Gasteiger partial charge in [-0.25, -0.2) is 8.42 Å². The minimum Gasteiger partial charge on any atom is -0.497 e. The SMILES string of the molecule is CCC(C)NC(=O)C(Cc1ccccc1)N(Cc1ccccc1)C(=O)CN(c1ccc(C)cc1)S(=O)(=O)c1ccc(OC)cc1. The lowest BCUT2D eigenvalue weighted by Crippen LogP contribution is -2.54. The van der Waals surface area contributed by atoms with E-state index in [2.05, 4.69) is 5.32 Å². The molecular weight excluding hydrogens is 586 g/mol. The Morgan fingerprint density at radius 1 is 0.822 bits per heavy atom. The summed E-state index contributed by atoms with van der Waals surface area (Å²) in [7, 11) is -2.69. The number of ether oxygens (including phenoxy) is 1. The van der Waals surface area contributed by atoms with E-state index >= 15 is 0 Å². The van der Waals surface area contributed by atoms with E-state index in [1.807, 2.05) is 81.4 Å². The molecule has 0 aliphatic rings. The summed E-state index contributed by atoms with van der Waals surface area (Å²) < 4.78 is 34.6. The van der Waals surface area contributed by atoms with E-state index in [-0.39, 0.29) is 29.8 Å². The molecule has 8 nitrogen and oxygen atoms in total. The van der Waals surface area contributed by atoms with Gasteiger partial charge in [0.15, 0.2) is 0 Å². The highest BCUT2D eigenvalue weighted by atomic mass is 32.2. The number of nitrogens with one attached hydrogen (secondary N) is 1. The zero-order valence-electron chi connectivity index (χ0n) is 26.2. The molecule has 2 unspecified atom stereocenters. The Labute approximate surface area is 266 Å². The number of methoxy groups -OCH3 is 1. The van der Waals surface area contributed by atoms with E-state index in [0.717, 1.165) is 27.4 Å². The van der Waals surface area contributed by atoms with Crippen molar-refractivity contribution in [2.75, 3.05) is 18.0 Å². The number of carbonyl (C=O) groups is 2. The summed E-state index contributed by atoms with van der Waals surface area (Å²) in [5, 5.41) is 3.05. The quantitative estimate of drug-likeness (QED) is 0.192. The number of sulfonamides is 1. The molecule has 0 aliphatic carbocycles. The molecule has 2 atom stereocenters. The zero-order chi connectivity index (χ0) is 32.4. The van der Waals surface area contributed by atoms with Crippen LogP contribution in [-0.4, -0.2) is 50.9 Å². The predicted molar refractivity (Wildman–Crippen MR) is 178 cm³/mol. The first kappa shape index (κ1) is 33.3. The number of hydrogen-bond donors (Lipinski definition) is 1. The predicted octanol–water partition coefficient (Wildman–Crippen LogP) is 5.75. The molecule has 0 radical (unpaired) electrons. The minimum absolute atomic E-state index is 0.0154. The molecule has 0 bridgehead atoms. The highest BCUT2D eigenvalue weighted by molar-refractivity contribution is 7.92. The molecule has 0 fully saturated rings. The van der Waals surface area contributed by atoms with Crippen molar-refractivity contribution in [3.05, 3.63) is 126 Å². The topological polar surface area (TPSA) is 96.0 Å². The number of amides is 2. The fraction of sp³-hybridized carbons (Fsp3) is 0.278. The van der Waals surface area contributed by atoms with Gasteiger partial charge in [0.05, 0.1) is 17.7 Å². The molecule has 0 aliphatic heterocycles. The van der Waals surface area contributed by atoms with Crippen molar-refractivity contribution < 1.29 is 22.7 Å². The first-order chi connectivity index (χ1) is 21.6. The first-order valence-electron chi connectivity index (χ1n) is 15.0. The van der Waals surface area contributed by atoms with Crippen LogP contribution < -0.4 is 14.4 Å². The third-order valence-corrected chi connectivity index (χ3v) is 9.50. The monoisotopic (exact) mass is 627 g/mol. The molecule has 4 aromatic carbocycles. The average Bonchev–Trinajstić information content (AvgIpc) is 3.06. The molecular formula is C36H41N3O5S. The number of nitrogens with zero attached hydrogens (tertiary/aromatic N) is 2. The molecule has 4 rings (SSSR count). The van der Waals surface area contributed by atoms with Crippen LogP contribution in [0.1, 0.15) is 37.0 Å². The summed E-state index contributed by atoms with van der Waals surface area (Å²) in [5.74, 6) is -0.286.